The molecule has 1 heterocycles. The molecular weight excluding hydrogens is 192 g/mol. The maximum atomic E-state index is 11.1. The van der Waals surface area contributed by atoms with Crippen molar-refractivity contribution in [1.29, 1.82) is 0 Å². The Balaban J connectivity index is 2.69. The number of piperidine rings is 1. The molecule has 4 heteroatoms. The highest BCUT2D eigenvalue weighted by atomic mass is 16.4. The number of hydrogen-bond donors (Lipinski definition) is 1. The molecule has 0 aliphatic carbocycles. The fourth-order valence-electron chi connectivity index (χ4n) is 2.24. The number of likely N-dealkylation sites (N-methyl/N-ethyl adjacent to an activating group) is 1. The predicted molar refractivity (Wildman–Crippen MR) is 59.9 cm³/mol. The predicted octanol–water partition coefficient (Wildman–Crippen LogP) is 0.731. The molecule has 2 unspecified atom stereocenters. The molecule has 0 aromatic carbocycles. The molecule has 1 aliphatic heterocycles. The molecule has 0 saturated carbocycles. The van der Waals surface area contributed by atoms with Crippen LogP contribution in [0.5, 0.6) is 0 Å². The Morgan fingerprint density at radius 3 is 2.47 bits per heavy atom. The molecule has 1 saturated heterocycles. The van der Waals surface area contributed by atoms with Crippen molar-refractivity contribution in [1.82, 2.24) is 9.80 Å². The van der Waals surface area contributed by atoms with Gasteiger partial charge in [-0.25, -0.2) is 0 Å². The zero-order valence-electron chi connectivity index (χ0n) is 10.1. The highest BCUT2D eigenvalue weighted by Gasteiger charge is 2.35. The zero-order chi connectivity index (χ0) is 11.6. The van der Waals surface area contributed by atoms with Gasteiger partial charge in [0.25, 0.3) is 0 Å². The second-order valence-electron chi connectivity index (χ2n) is 4.85. The molecule has 1 N–H and O–H groups in total. The average molecular weight is 214 g/mol. The summed E-state index contributed by atoms with van der Waals surface area (Å²) in [6, 6.07) is 0.640. The molecule has 0 bridgehead atoms. The molecule has 1 fully saturated rings. The van der Waals surface area contributed by atoms with Crippen LogP contribution in [0.2, 0.25) is 0 Å². The number of rotatable bonds is 3. The van der Waals surface area contributed by atoms with Gasteiger partial charge in [0.05, 0.1) is 5.92 Å². The first-order valence-corrected chi connectivity index (χ1v) is 5.56. The zero-order valence-corrected chi connectivity index (χ0v) is 10.1. The summed E-state index contributed by atoms with van der Waals surface area (Å²) in [5.41, 5.74) is 0. The maximum Gasteiger partial charge on any atom is 0.308 e. The second kappa shape index (κ2) is 4.94. The van der Waals surface area contributed by atoms with E-state index in [1.165, 1.54) is 0 Å². The Bertz CT molecular complexity index is 229. The molecule has 1 rings (SSSR count). The third-order valence-electron chi connectivity index (χ3n) is 3.32. The van der Waals surface area contributed by atoms with Gasteiger partial charge in [-0.1, -0.05) is 0 Å². The van der Waals surface area contributed by atoms with E-state index in [1.54, 1.807) is 0 Å². The molecule has 88 valence electrons. The van der Waals surface area contributed by atoms with Crippen LogP contribution in [0.1, 0.15) is 20.3 Å². The summed E-state index contributed by atoms with van der Waals surface area (Å²) in [6.07, 6.45) is 0.760. The molecule has 0 amide bonds. The van der Waals surface area contributed by atoms with Crippen molar-refractivity contribution in [3.8, 4) is 0 Å². The normalized spacial score (nSPS) is 28.7. The summed E-state index contributed by atoms with van der Waals surface area (Å²) >= 11 is 0. The van der Waals surface area contributed by atoms with Crippen LogP contribution in [0.3, 0.4) is 0 Å². The lowest BCUT2D eigenvalue weighted by molar-refractivity contribution is -0.146. The van der Waals surface area contributed by atoms with Crippen LogP contribution in [-0.4, -0.2) is 60.1 Å². The number of nitrogens with zero attached hydrogens (tertiary/aromatic N) is 2. The number of carbonyl (C=O) groups is 1. The monoisotopic (exact) mass is 214 g/mol. The van der Waals surface area contributed by atoms with Gasteiger partial charge in [0, 0.05) is 18.6 Å². The Morgan fingerprint density at radius 1 is 1.47 bits per heavy atom. The molecule has 0 radical (unpaired) electrons. The van der Waals surface area contributed by atoms with Gasteiger partial charge in [-0.3, -0.25) is 9.69 Å². The Morgan fingerprint density at radius 2 is 2.07 bits per heavy atom. The topological polar surface area (TPSA) is 43.8 Å². The highest BCUT2D eigenvalue weighted by molar-refractivity contribution is 5.71. The van der Waals surface area contributed by atoms with Gasteiger partial charge in [-0.2, -0.15) is 0 Å². The van der Waals surface area contributed by atoms with Crippen LogP contribution in [0.15, 0.2) is 0 Å². The van der Waals surface area contributed by atoms with Gasteiger partial charge in [0.15, 0.2) is 0 Å². The first kappa shape index (κ1) is 12.5. The van der Waals surface area contributed by atoms with Gasteiger partial charge in [0.1, 0.15) is 0 Å². The van der Waals surface area contributed by atoms with Gasteiger partial charge < -0.3 is 10.0 Å². The number of likely N-dealkylation sites (tertiary alicyclic amines) is 1. The maximum absolute atomic E-state index is 11.1. The number of carboxylic acids is 1. The van der Waals surface area contributed by atoms with Crippen LogP contribution < -0.4 is 0 Å². The van der Waals surface area contributed by atoms with Crippen molar-refractivity contribution in [3.05, 3.63) is 0 Å². The first-order chi connectivity index (χ1) is 6.93. The third kappa shape index (κ3) is 2.92. The van der Waals surface area contributed by atoms with E-state index in [0.29, 0.717) is 6.04 Å². The van der Waals surface area contributed by atoms with Crippen molar-refractivity contribution in [2.24, 2.45) is 5.92 Å². The van der Waals surface area contributed by atoms with Crippen LogP contribution in [-0.2, 0) is 4.79 Å². The minimum atomic E-state index is -0.655. The minimum absolute atomic E-state index is 0.138. The summed E-state index contributed by atoms with van der Waals surface area (Å²) in [5, 5.41) is 9.14. The summed E-state index contributed by atoms with van der Waals surface area (Å²) in [4.78, 5) is 15.5. The Kier molecular flexibility index (Phi) is 4.11. The van der Waals surface area contributed by atoms with E-state index in [0.717, 1.165) is 19.5 Å². The lowest BCUT2D eigenvalue weighted by Gasteiger charge is -2.41. The van der Waals surface area contributed by atoms with E-state index < -0.39 is 5.97 Å². The standard InChI is InChI=1S/C11H22N2O2/c1-8(2)13-6-5-9(11(14)15)10(7-13)12(3)4/h8-10H,5-7H2,1-4H3,(H,14,15). The van der Waals surface area contributed by atoms with Crippen molar-refractivity contribution in [2.75, 3.05) is 27.2 Å². The summed E-state index contributed by atoms with van der Waals surface area (Å²) < 4.78 is 0. The Labute approximate surface area is 91.9 Å². The summed E-state index contributed by atoms with van der Waals surface area (Å²) in [7, 11) is 3.93. The number of carboxylic acid groups (broad SMARTS) is 1. The summed E-state index contributed by atoms with van der Waals surface area (Å²) in [6.45, 7) is 6.09. The van der Waals surface area contributed by atoms with E-state index in [1.807, 2.05) is 19.0 Å². The van der Waals surface area contributed by atoms with E-state index in [4.69, 9.17) is 5.11 Å². The van der Waals surface area contributed by atoms with Gasteiger partial charge in [-0.15, -0.1) is 0 Å². The van der Waals surface area contributed by atoms with Gasteiger partial charge in [0.2, 0.25) is 0 Å². The van der Waals surface area contributed by atoms with Crippen molar-refractivity contribution in [3.63, 3.8) is 0 Å². The molecule has 0 spiro atoms. The van der Waals surface area contributed by atoms with Crippen LogP contribution in [0.25, 0.3) is 0 Å². The smallest absolute Gasteiger partial charge is 0.308 e. The van der Waals surface area contributed by atoms with Crippen LogP contribution in [0, 0.1) is 5.92 Å². The largest absolute Gasteiger partial charge is 0.481 e. The van der Waals surface area contributed by atoms with Crippen molar-refractivity contribution in [2.45, 2.75) is 32.4 Å². The fourth-order valence-corrected chi connectivity index (χ4v) is 2.24. The molecule has 0 aromatic rings. The molecule has 2 atom stereocenters. The van der Waals surface area contributed by atoms with E-state index >= 15 is 0 Å². The number of aliphatic carboxylic acids is 1. The molecule has 15 heavy (non-hydrogen) atoms. The van der Waals surface area contributed by atoms with E-state index in [2.05, 4.69) is 18.7 Å². The minimum Gasteiger partial charge on any atom is -0.481 e. The van der Waals surface area contributed by atoms with Gasteiger partial charge in [-0.05, 0) is 40.9 Å². The molecule has 1 aliphatic rings. The molecule has 0 aromatic heterocycles. The lowest BCUT2D eigenvalue weighted by Crippen LogP contribution is -2.54. The average Bonchev–Trinajstić information content (AvgIpc) is 2.16. The SMILES string of the molecule is CC(C)N1CCC(C(=O)O)C(N(C)C)C1. The summed E-state index contributed by atoms with van der Waals surface area (Å²) in [5.74, 6) is -0.868. The molecule has 4 nitrogen and oxygen atoms in total. The Hall–Kier alpha value is -0.610. The van der Waals surface area contributed by atoms with E-state index in [9.17, 15) is 4.79 Å². The van der Waals surface area contributed by atoms with Crippen molar-refractivity contribution < 1.29 is 9.90 Å². The van der Waals surface area contributed by atoms with E-state index in [-0.39, 0.29) is 12.0 Å². The first-order valence-electron chi connectivity index (χ1n) is 5.56. The number of hydrogen-bond acceptors (Lipinski definition) is 3. The highest BCUT2D eigenvalue weighted by Crippen LogP contribution is 2.22. The molecular formula is C11H22N2O2. The van der Waals surface area contributed by atoms with Crippen LogP contribution >= 0.6 is 0 Å². The van der Waals surface area contributed by atoms with Crippen molar-refractivity contribution >= 4 is 5.97 Å². The lowest BCUT2D eigenvalue weighted by atomic mass is 9.90. The third-order valence-corrected chi connectivity index (χ3v) is 3.32. The fraction of sp³-hybridized carbons (Fsp3) is 0.909. The van der Waals surface area contributed by atoms with Crippen LogP contribution in [0.4, 0.5) is 0 Å². The second-order valence-corrected chi connectivity index (χ2v) is 4.85. The quantitative estimate of drug-likeness (QED) is 0.752. The van der Waals surface area contributed by atoms with Gasteiger partial charge >= 0.3 is 5.97 Å².